The van der Waals surface area contributed by atoms with Crippen molar-refractivity contribution in [1.29, 1.82) is 0 Å². The van der Waals surface area contributed by atoms with E-state index in [1.807, 2.05) is 0 Å². The summed E-state index contributed by atoms with van der Waals surface area (Å²) < 4.78 is 5.43. The first-order valence-electron chi connectivity index (χ1n) is 4.82. The highest BCUT2D eigenvalue weighted by Crippen LogP contribution is 2.49. The molecule has 1 aliphatic heterocycles. The standard InChI is InChI=1S/C10H16O2/c1-7(2)8-3-4-10(6-11)9(5-8)12-10/h6-9H,3-5H2,1-2H3/t8-,9?,10+/m0/s1. The van der Waals surface area contributed by atoms with E-state index in [1.54, 1.807) is 0 Å². The fourth-order valence-corrected chi connectivity index (χ4v) is 2.27. The summed E-state index contributed by atoms with van der Waals surface area (Å²) >= 11 is 0. The van der Waals surface area contributed by atoms with Crippen LogP contribution in [0.15, 0.2) is 0 Å². The van der Waals surface area contributed by atoms with Gasteiger partial charge in [0.05, 0.1) is 6.10 Å². The first-order valence-corrected chi connectivity index (χ1v) is 4.82. The molecule has 2 fully saturated rings. The molecule has 0 N–H and O–H groups in total. The number of hydrogen-bond acceptors (Lipinski definition) is 2. The Morgan fingerprint density at radius 1 is 1.58 bits per heavy atom. The highest BCUT2D eigenvalue weighted by Gasteiger charge is 2.59. The highest BCUT2D eigenvalue weighted by atomic mass is 16.6. The Balaban J connectivity index is 1.96. The maximum absolute atomic E-state index is 10.7. The molecule has 1 aliphatic carbocycles. The average molecular weight is 168 g/mol. The maximum Gasteiger partial charge on any atom is 0.154 e. The van der Waals surface area contributed by atoms with E-state index in [1.165, 1.54) is 0 Å². The fourth-order valence-electron chi connectivity index (χ4n) is 2.27. The minimum absolute atomic E-state index is 0.260. The highest BCUT2D eigenvalue weighted by molar-refractivity contribution is 5.68. The Kier molecular flexibility index (Phi) is 1.76. The Morgan fingerprint density at radius 3 is 2.83 bits per heavy atom. The molecule has 12 heavy (non-hydrogen) atoms. The van der Waals surface area contributed by atoms with Crippen molar-refractivity contribution >= 4 is 6.29 Å². The molecule has 0 spiro atoms. The van der Waals surface area contributed by atoms with Crippen LogP contribution in [-0.4, -0.2) is 18.0 Å². The summed E-state index contributed by atoms with van der Waals surface area (Å²) in [4.78, 5) is 10.7. The SMILES string of the molecule is CC(C)[C@H]1CC[C@]2(C=O)OC2C1. The van der Waals surface area contributed by atoms with Crippen LogP contribution in [0.25, 0.3) is 0 Å². The van der Waals surface area contributed by atoms with Gasteiger partial charge in [-0.15, -0.1) is 0 Å². The van der Waals surface area contributed by atoms with Crippen molar-refractivity contribution < 1.29 is 9.53 Å². The summed E-state index contributed by atoms with van der Waals surface area (Å²) in [5.74, 6) is 1.50. The molecule has 1 saturated heterocycles. The monoisotopic (exact) mass is 168 g/mol. The van der Waals surface area contributed by atoms with Crippen LogP contribution in [0.1, 0.15) is 33.1 Å². The first-order chi connectivity index (χ1) is 5.68. The maximum atomic E-state index is 10.7. The predicted octanol–water partition coefficient (Wildman–Crippen LogP) is 1.78. The number of hydrogen-bond donors (Lipinski definition) is 0. The van der Waals surface area contributed by atoms with Gasteiger partial charge in [0.15, 0.2) is 6.29 Å². The lowest BCUT2D eigenvalue weighted by atomic mass is 9.77. The molecule has 2 rings (SSSR count). The zero-order valence-corrected chi connectivity index (χ0v) is 7.75. The van der Waals surface area contributed by atoms with E-state index in [0.29, 0.717) is 0 Å². The summed E-state index contributed by atoms with van der Waals surface area (Å²) in [5.41, 5.74) is -0.328. The van der Waals surface area contributed by atoms with Gasteiger partial charge in [0, 0.05) is 0 Å². The molecule has 1 heterocycles. The minimum atomic E-state index is -0.328. The minimum Gasteiger partial charge on any atom is -0.358 e. The molecule has 0 radical (unpaired) electrons. The lowest BCUT2D eigenvalue weighted by molar-refractivity contribution is -0.112. The van der Waals surface area contributed by atoms with Crippen molar-refractivity contribution in [3.05, 3.63) is 0 Å². The Morgan fingerprint density at radius 2 is 2.33 bits per heavy atom. The second kappa shape index (κ2) is 2.56. The second-order valence-electron chi connectivity index (χ2n) is 4.46. The zero-order valence-electron chi connectivity index (χ0n) is 7.75. The molecular formula is C10H16O2. The second-order valence-corrected chi connectivity index (χ2v) is 4.46. The molecule has 2 aliphatic rings. The van der Waals surface area contributed by atoms with Crippen molar-refractivity contribution in [3.8, 4) is 0 Å². The topological polar surface area (TPSA) is 29.6 Å². The van der Waals surface area contributed by atoms with Crippen molar-refractivity contribution in [1.82, 2.24) is 0 Å². The summed E-state index contributed by atoms with van der Waals surface area (Å²) in [6.07, 6.45) is 4.47. The molecule has 1 unspecified atom stereocenters. The number of fused-ring (bicyclic) bond motifs is 1. The third-order valence-corrected chi connectivity index (χ3v) is 3.41. The van der Waals surface area contributed by atoms with Gasteiger partial charge in [0.2, 0.25) is 0 Å². The molecule has 0 aromatic carbocycles. The zero-order chi connectivity index (χ0) is 8.77. The van der Waals surface area contributed by atoms with Gasteiger partial charge < -0.3 is 9.53 Å². The number of aldehydes is 1. The van der Waals surface area contributed by atoms with Crippen molar-refractivity contribution in [2.24, 2.45) is 11.8 Å². The number of ether oxygens (including phenoxy) is 1. The third kappa shape index (κ3) is 1.09. The Hall–Kier alpha value is -0.370. The lowest BCUT2D eigenvalue weighted by Crippen LogP contribution is -2.27. The van der Waals surface area contributed by atoms with Crippen molar-refractivity contribution in [2.45, 2.75) is 44.8 Å². The number of rotatable bonds is 2. The van der Waals surface area contributed by atoms with E-state index in [4.69, 9.17) is 4.74 Å². The first kappa shape index (κ1) is 8.24. The van der Waals surface area contributed by atoms with Crippen LogP contribution in [0.4, 0.5) is 0 Å². The molecule has 0 aromatic rings. The molecule has 0 bridgehead atoms. The van der Waals surface area contributed by atoms with Crippen LogP contribution in [0.3, 0.4) is 0 Å². The van der Waals surface area contributed by atoms with Gasteiger partial charge in [0.25, 0.3) is 0 Å². The summed E-state index contributed by atoms with van der Waals surface area (Å²) in [5, 5.41) is 0. The molecule has 3 atom stereocenters. The molecule has 2 heteroatoms. The largest absolute Gasteiger partial charge is 0.358 e. The van der Waals surface area contributed by atoms with Gasteiger partial charge in [-0.2, -0.15) is 0 Å². The van der Waals surface area contributed by atoms with Crippen LogP contribution in [0, 0.1) is 11.8 Å². The average Bonchev–Trinajstić information content (AvgIpc) is 2.77. The van der Waals surface area contributed by atoms with Crippen LogP contribution in [-0.2, 0) is 9.53 Å². The van der Waals surface area contributed by atoms with Crippen LogP contribution < -0.4 is 0 Å². The van der Waals surface area contributed by atoms with Crippen LogP contribution in [0.5, 0.6) is 0 Å². The lowest BCUT2D eigenvalue weighted by Gasteiger charge is -2.24. The summed E-state index contributed by atoms with van der Waals surface area (Å²) in [7, 11) is 0. The van der Waals surface area contributed by atoms with E-state index < -0.39 is 0 Å². The van der Waals surface area contributed by atoms with Gasteiger partial charge in [-0.25, -0.2) is 0 Å². The molecule has 1 saturated carbocycles. The van der Waals surface area contributed by atoms with E-state index in [0.717, 1.165) is 37.4 Å². The van der Waals surface area contributed by atoms with Gasteiger partial charge in [0.1, 0.15) is 5.60 Å². The quantitative estimate of drug-likeness (QED) is 0.464. The summed E-state index contributed by atoms with van der Waals surface area (Å²) in [6, 6.07) is 0. The number of carbonyl (C=O) groups is 1. The molecule has 0 amide bonds. The molecule has 68 valence electrons. The van der Waals surface area contributed by atoms with Gasteiger partial charge in [-0.1, -0.05) is 13.8 Å². The number of carbonyl (C=O) groups excluding carboxylic acids is 1. The predicted molar refractivity (Wildman–Crippen MR) is 45.8 cm³/mol. The number of epoxide rings is 1. The van der Waals surface area contributed by atoms with Gasteiger partial charge in [-0.3, -0.25) is 0 Å². The molecule has 0 aromatic heterocycles. The van der Waals surface area contributed by atoms with E-state index in [9.17, 15) is 4.79 Å². The van der Waals surface area contributed by atoms with Crippen LogP contribution >= 0.6 is 0 Å². The Bertz CT molecular complexity index is 200. The fraction of sp³-hybridized carbons (Fsp3) is 0.900. The van der Waals surface area contributed by atoms with Crippen LogP contribution in [0.2, 0.25) is 0 Å². The normalized spacial score (nSPS) is 45.6. The molecule has 2 nitrogen and oxygen atoms in total. The van der Waals surface area contributed by atoms with E-state index in [-0.39, 0.29) is 11.7 Å². The molecular weight excluding hydrogens is 152 g/mol. The van der Waals surface area contributed by atoms with Gasteiger partial charge >= 0.3 is 0 Å². The Labute approximate surface area is 73.3 Å². The van der Waals surface area contributed by atoms with E-state index >= 15 is 0 Å². The van der Waals surface area contributed by atoms with E-state index in [2.05, 4.69) is 13.8 Å². The van der Waals surface area contributed by atoms with Crippen molar-refractivity contribution in [2.75, 3.05) is 0 Å². The van der Waals surface area contributed by atoms with Crippen molar-refractivity contribution in [3.63, 3.8) is 0 Å². The van der Waals surface area contributed by atoms with Gasteiger partial charge in [-0.05, 0) is 31.1 Å². The smallest absolute Gasteiger partial charge is 0.154 e. The third-order valence-electron chi connectivity index (χ3n) is 3.41. The summed E-state index contributed by atoms with van der Waals surface area (Å²) in [6.45, 7) is 4.50.